The second-order valence-corrected chi connectivity index (χ2v) is 22.3. The maximum Gasteiger partial charge on any atom is 0.306 e. The summed E-state index contributed by atoms with van der Waals surface area (Å²) >= 11 is 0. The normalized spacial score (nSPS) is 12.7. The number of esters is 3. The molecule has 0 heterocycles. The maximum atomic E-state index is 12.9. The lowest BCUT2D eigenvalue weighted by Crippen LogP contribution is -2.30. The van der Waals surface area contributed by atoms with Crippen molar-refractivity contribution in [1.29, 1.82) is 0 Å². The number of unbranched alkanes of at least 4 members (excludes halogenated alkanes) is 34. The van der Waals surface area contributed by atoms with Crippen LogP contribution >= 0.6 is 0 Å². The lowest BCUT2D eigenvalue weighted by atomic mass is 10.0. The van der Waals surface area contributed by atoms with Crippen molar-refractivity contribution in [2.45, 2.75) is 335 Å². The first-order valence-corrected chi connectivity index (χ1v) is 33.7. The van der Waals surface area contributed by atoms with Crippen molar-refractivity contribution in [1.82, 2.24) is 0 Å². The van der Waals surface area contributed by atoms with Gasteiger partial charge in [-0.25, -0.2) is 0 Å². The highest BCUT2D eigenvalue weighted by Crippen LogP contribution is 2.17. The molecule has 0 fully saturated rings. The molecule has 0 aromatic carbocycles. The van der Waals surface area contributed by atoms with Gasteiger partial charge in [-0.3, -0.25) is 14.4 Å². The summed E-state index contributed by atoms with van der Waals surface area (Å²) in [5.41, 5.74) is 0. The van der Waals surface area contributed by atoms with Crippen molar-refractivity contribution < 1.29 is 28.6 Å². The fourth-order valence-corrected chi connectivity index (χ4v) is 9.50. The Hall–Kier alpha value is -3.67. The van der Waals surface area contributed by atoms with Crippen molar-refractivity contribution in [2.75, 3.05) is 13.2 Å². The van der Waals surface area contributed by atoms with Crippen LogP contribution in [0.1, 0.15) is 329 Å². The molecule has 0 aromatic rings. The Morgan fingerprint density at radius 2 is 0.519 bits per heavy atom. The predicted molar refractivity (Wildman–Crippen MR) is 344 cm³/mol. The summed E-state index contributed by atoms with van der Waals surface area (Å²) in [6, 6.07) is 0. The van der Waals surface area contributed by atoms with E-state index >= 15 is 0 Å². The first-order chi connectivity index (χ1) is 39.0. The number of carbonyl (C=O) groups is 3. The molecule has 0 saturated heterocycles. The van der Waals surface area contributed by atoms with Crippen molar-refractivity contribution >= 4 is 17.9 Å². The third kappa shape index (κ3) is 65.0. The lowest BCUT2D eigenvalue weighted by Gasteiger charge is -2.18. The van der Waals surface area contributed by atoms with Gasteiger partial charge in [-0.15, -0.1) is 0 Å². The van der Waals surface area contributed by atoms with E-state index in [9.17, 15) is 14.4 Å². The van der Waals surface area contributed by atoms with Crippen molar-refractivity contribution in [3.05, 3.63) is 97.2 Å². The average Bonchev–Trinajstić information content (AvgIpc) is 3.45. The highest BCUT2D eigenvalue weighted by Gasteiger charge is 2.19. The van der Waals surface area contributed by atoms with Gasteiger partial charge in [0.1, 0.15) is 13.2 Å². The molecule has 454 valence electrons. The first kappa shape index (κ1) is 75.3. The summed E-state index contributed by atoms with van der Waals surface area (Å²) in [6.07, 6.45) is 89.9. The van der Waals surface area contributed by atoms with E-state index in [1.54, 1.807) is 0 Å². The largest absolute Gasteiger partial charge is 0.462 e. The van der Waals surface area contributed by atoms with Crippen LogP contribution in [0.5, 0.6) is 0 Å². The molecule has 1 atom stereocenters. The van der Waals surface area contributed by atoms with E-state index in [4.69, 9.17) is 14.2 Å². The van der Waals surface area contributed by atoms with E-state index in [1.165, 1.54) is 173 Å². The van der Waals surface area contributed by atoms with Gasteiger partial charge >= 0.3 is 17.9 Å². The Morgan fingerprint density at radius 3 is 0.835 bits per heavy atom. The number of allylic oxidation sites excluding steroid dienone is 16. The monoisotopic (exact) mass is 1100 g/mol. The summed E-state index contributed by atoms with van der Waals surface area (Å²) < 4.78 is 16.9. The van der Waals surface area contributed by atoms with Crippen LogP contribution in [-0.4, -0.2) is 37.2 Å². The molecular formula is C73H126O6. The summed E-state index contributed by atoms with van der Waals surface area (Å²) in [5, 5.41) is 0. The minimum Gasteiger partial charge on any atom is -0.462 e. The van der Waals surface area contributed by atoms with Gasteiger partial charge in [0.25, 0.3) is 0 Å². The molecule has 0 saturated carbocycles. The molecular weight excluding hydrogens is 973 g/mol. The third-order valence-corrected chi connectivity index (χ3v) is 14.5. The number of hydrogen-bond donors (Lipinski definition) is 0. The zero-order valence-corrected chi connectivity index (χ0v) is 52.1. The van der Waals surface area contributed by atoms with E-state index in [0.717, 1.165) is 116 Å². The molecule has 0 amide bonds. The van der Waals surface area contributed by atoms with E-state index in [0.29, 0.717) is 19.3 Å². The van der Waals surface area contributed by atoms with Crippen LogP contribution in [0.25, 0.3) is 0 Å². The van der Waals surface area contributed by atoms with Gasteiger partial charge in [-0.2, -0.15) is 0 Å². The topological polar surface area (TPSA) is 78.9 Å². The van der Waals surface area contributed by atoms with Gasteiger partial charge in [0.2, 0.25) is 0 Å². The van der Waals surface area contributed by atoms with Crippen LogP contribution in [0, 0.1) is 0 Å². The number of hydrogen-bond acceptors (Lipinski definition) is 6. The van der Waals surface area contributed by atoms with Crippen LogP contribution < -0.4 is 0 Å². The molecule has 0 N–H and O–H groups in total. The zero-order valence-electron chi connectivity index (χ0n) is 52.1. The minimum absolute atomic E-state index is 0.0814. The minimum atomic E-state index is -0.786. The third-order valence-electron chi connectivity index (χ3n) is 14.5. The van der Waals surface area contributed by atoms with E-state index in [1.807, 2.05) is 0 Å². The predicted octanol–water partition coefficient (Wildman–Crippen LogP) is 23.2. The molecule has 1 unspecified atom stereocenters. The summed E-state index contributed by atoms with van der Waals surface area (Å²) in [4.78, 5) is 38.4. The molecule has 0 aliphatic heterocycles. The number of ether oxygens (including phenoxy) is 3. The van der Waals surface area contributed by atoms with E-state index in [2.05, 4.69) is 118 Å². The zero-order chi connectivity index (χ0) is 57.1. The van der Waals surface area contributed by atoms with Gasteiger partial charge < -0.3 is 14.2 Å². The molecule has 0 aliphatic rings. The Labute approximate surface area is 489 Å². The van der Waals surface area contributed by atoms with Crippen LogP contribution in [0.3, 0.4) is 0 Å². The summed E-state index contributed by atoms with van der Waals surface area (Å²) in [5.74, 6) is -0.886. The molecule has 6 nitrogen and oxygen atoms in total. The van der Waals surface area contributed by atoms with Gasteiger partial charge in [0.15, 0.2) is 6.10 Å². The van der Waals surface area contributed by atoms with Crippen molar-refractivity contribution in [2.24, 2.45) is 0 Å². The highest BCUT2D eigenvalue weighted by atomic mass is 16.6. The van der Waals surface area contributed by atoms with Crippen molar-refractivity contribution in [3.8, 4) is 0 Å². The Balaban J connectivity index is 4.26. The summed E-state index contributed by atoms with van der Waals surface area (Å²) in [6.45, 7) is 6.48. The quantitative estimate of drug-likeness (QED) is 0.0261. The number of rotatable bonds is 61. The fourth-order valence-electron chi connectivity index (χ4n) is 9.50. The van der Waals surface area contributed by atoms with Gasteiger partial charge in [-0.05, 0) is 116 Å². The van der Waals surface area contributed by atoms with E-state index < -0.39 is 6.10 Å². The highest BCUT2D eigenvalue weighted by molar-refractivity contribution is 5.71. The first-order valence-electron chi connectivity index (χ1n) is 33.7. The smallest absolute Gasteiger partial charge is 0.306 e. The Bertz CT molecular complexity index is 1540. The Kier molecular flexibility index (Phi) is 63.7. The van der Waals surface area contributed by atoms with Crippen LogP contribution in [0.2, 0.25) is 0 Å². The molecule has 0 spiro atoms. The van der Waals surface area contributed by atoms with Gasteiger partial charge in [0, 0.05) is 19.3 Å². The number of carbonyl (C=O) groups excluding carboxylic acids is 3. The molecule has 0 aromatic heterocycles. The molecule has 0 bridgehead atoms. The molecule has 79 heavy (non-hydrogen) atoms. The standard InChI is InChI=1S/C73H126O6/c1-4-7-10-13-16-19-22-25-27-29-31-32-33-34-35-36-37-38-39-40-42-43-45-48-51-54-57-60-63-66-72(75)78-69-70(68-77-71(74)65-62-59-56-53-50-47-24-21-18-15-12-9-6-3)79-73(76)67-64-61-58-55-52-49-46-44-41-30-28-26-23-20-17-14-11-8-5-2/h7,10,12,15-16,19,21,24-28,31-32,34-35,70H,4-6,8-9,11,13-14,17-18,20,22-23,29-30,33,36-69H2,1-3H3/b10-7-,15-12-,19-16-,24-21-,27-25-,28-26-,32-31-,35-34-. The molecule has 0 radical (unpaired) electrons. The molecule has 6 heteroatoms. The summed E-state index contributed by atoms with van der Waals surface area (Å²) in [7, 11) is 0. The second-order valence-electron chi connectivity index (χ2n) is 22.3. The molecule has 0 aliphatic carbocycles. The second kappa shape index (κ2) is 66.8. The average molecular weight is 1100 g/mol. The van der Waals surface area contributed by atoms with Gasteiger partial charge in [0.05, 0.1) is 0 Å². The lowest BCUT2D eigenvalue weighted by molar-refractivity contribution is -0.167. The van der Waals surface area contributed by atoms with Crippen LogP contribution in [0.15, 0.2) is 97.2 Å². The van der Waals surface area contributed by atoms with Gasteiger partial charge in [-0.1, -0.05) is 291 Å². The Morgan fingerprint density at radius 1 is 0.266 bits per heavy atom. The molecule has 0 rings (SSSR count). The SMILES string of the molecule is CC/C=C\C/C=C\C/C=C\C/C=C\C/C=C\CCCCCCCCCCCCCCCC(=O)OCC(COC(=O)CCCCCCC/C=C\C/C=C\CCC)OC(=O)CCCCCCCCCCC/C=C\CCCCCCCC. The fraction of sp³-hybridized carbons (Fsp3) is 0.740. The van der Waals surface area contributed by atoms with E-state index in [-0.39, 0.29) is 31.1 Å². The van der Waals surface area contributed by atoms with Crippen LogP contribution in [-0.2, 0) is 28.6 Å². The van der Waals surface area contributed by atoms with Crippen LogP contribution in [0.4, 0.5) is 0 Å². The van der Waals surface area contributed by atoms with Crippen molar-refractivity contribution in [3.63, 3.8) is 0 Å². The maximum absolute atomic E-state index is 12.9.